The molecule has 2 rings (SSSR count). The third kappa shape index (κ3) is 2.92. The van der Waals surface area contributed by atoms with Crippen LogP contribution < -0.4 is 5.73 Å². The lowest BCUT2D eigenvalue weighted by Crippen LogP contribution is -2.38. The Labute approximate surface area is 114 Å². The zero-order valence-corrected chi connectivity index (χ0v) is 12.6. The first-order chi connectivity index (χ1) is 8.55. The number of likely N-dealkylation sites (tertiary alicyclic amines) is 1. The molecule has 2 N–H and O–H groups in total. The molecule has 4 heteroatoms. The van der Waals surface area contributed by atoms with Crippen molar-refractivity contribution in [3.05, 3.63) is 15.6 Å². The number of hydrogen-bond acceptors (Lipinski definition) is 4. The predicted octanol–water partition coefficient (Wildman–Crippen LogP) is 2.81. The summed E-state index contributed by atoms with van der Waals surface area (Å²) in [6.07, 6.45) is 4.53. The Hall–Kier alpha value is -0.450. The van der Waals surface area contributed by atoms with Crippen LogP contribution in [0.25, 0.3) is 0 Å². The van der Waals surface area contributed by atoms with Gasteiger partial charge < -0.3 is 10.6 Å². The van der Waals surface area contributed by atoms with Gasteiger partial charge in [-0.25, -0.2) is 4.98 Å². The van der Waals surface area contributed by atoms with E-state index < -0.39 is 0 Å². The summed E-state index contributed by atoms with van der Waals surface area (Å²) in [5, 5.41) is 1.15. The Morgan fingerprint density at radius 1 is 1.33 bits per heavy atom. The fourth-order valence-electron chi connectivity index (χ4n) is 2.65. The Balaban J connectivity index is 2.11. The summed E-state index contributed by atoms with van der Waals surface area (Å²) >= 11 is 1.79. The van der Waals surface area contributed by atoms with E-state index in [1.807, 2.05) is 0 Å². The average Bonchev–Trinajstić information content (AvgIpc) is 2.56. The van der Waals surface area contributed by atoms with Crippen LogP contribution in [0.15, 0.2) is 0 Å². The molecular weight excluding hydrogens is 242 g/mol. The first-order valence-corrected chi connectivity index (χ1v) is 7.82. The molecule has 0 aliphatic carbocycles. The van der Waals surface area contributed by atoms with Crippen molar-refractivity contribution in [2.45, 2.75) is 52.0 Å². The minimum Gasteiger partial charge on any atom is -0.319 e. The summed E-state index contributed by atoms with van der Waals surface area (Å²) < 4.78 is 0. The number of aromatic nitrogens is 1. The molecule has 1 aliphatic rings. The molecule has 102 valence electrons. The zero-order valence-electron chi connectivity index (χ0n) is 11.8. The highest BCUT2D eigenvalue weighted by molar-refractivity contribution is 7.11. The van der Waals surface area contributed by atoms with E-state index in [4.69, 9.17) is 10.7 Å². The molecule has 1 aromatic rings. The molecule has 2 heterocycles. The number of hydrogen-bond donors (Lipinski definition) is 1. The van der Waals surface area contributed by atoms with E-state index in [-0.39, 0.29) is 5.54 Å². The van der Waals surface area contributed by atoms with Crippen LogP contribution in [-0.4, -0.2) is 29.5 Å². The predicted molar refractivity (Wildman–Crippen MR) is 78.0 cm³/mol. The smallest absolute Gasteiger partial charge is 0.113 e. The second kappa shape index (κ2) is 5.68. The molecule has 1 aliphatic heterocycles. The molecule has 18 heavy (non-hydrogen) atoms. The Morgan fingerprint density at radius 3 is 2.72 bits per heavy atom. The third-order valence-electron chi connectivity index (χ3n) is 3.97. The summed E-state index contributed by atoms with van der Waals surface area (Å²) in [6.45, 7) is 9.97. The summed E-state index contributed by atoms with van der Waals surface area (Å²) in [6, 6.07) is 0. The van der Waals surface area contributed by atoms with E-state index in [0.717, 1.165) is 30.1 Å². The second-order valence-electron chi connectivity index (χ2n) is 5.51. The van der Waals surface area contributed by atoms with Gasteiger partial charge in [0.05, 0.1) is 11.2 Å². The van der Waals surface area contributed by atoms with Gasteiger partial charge in [0.15, 0.2) is 0 Å². The molecular formula is C14H25N3S. The number of thiazole rings is 1. The van der Waals surface area contributed by atoms with Gasteiger partial charge in [0.25, 0.3) is 0 Å². The minimum atomic E-state index is -0.188. The van der Waals surface area contributed by atoms with Gasteiger partial charge in [-0.05, 0) is 52.6 Å². The van der Waals surface area contributed by atoms with Gasteiger partial charge >= 0.3 is 0 Å². The maximum Gasteiger partial charge on any atom is 0.113 e. The summed E-state index contributed by atoms with van der Waals surface area (Å²) in [5.74, 6) is 0. The lowest BCUT2D eigenvalue weighted by molar-refractivity contribution is 0.276. The number of nitrogens with zero attached hydrogens (tertiary/aromatic N) is 2. The van der Waals surface area contributed by atoms with Gasteiger partial charge in [0.1, 0.15) is 5.01 Å². The van der Waals surface area contributed by atoms with Crippen molar-refractivity contribution in [3.63, 3.8) is 0 Å². The highest BCUT2D eigenvalue weighted by atomic mass is 32.1. The molecule has 0 amide bonds. The number of nitrogens with two attached hydrogens (primary N) is 1. The van der Waals surface area contributed by atoms with Crippen molar-refractivity contribution < 1.29 is 0 Å². The largest absolute Gasteiger partial charge is 0.319 e. The molecule has 0 aromatic carbocycles. The average molecular weight is 267 g/mol. The van der Waals surface area contributed by atoms with Crippen molar-refractivity contribution in [2.24, 2.45) is 5.73 Å². The van der Waals surface area contributed by atoms with Crippen LogP contribution in [0.2, 0.25) is 0 Å². The summed E-state index contributed by atoms with van der Waals surface area (Å²) in [7, 11) is 0. The highest BCUT2D eigenvalue weighted by Gasteiger charge is 2.33. The first-order valence-electron chi connectivity index (χ1n) is 7.01. The fourth-order valence-corrected chi connectivity index (χ4v) is 3.73. The van der Waals surface area contributed by atoms with E-state index in [1.54, 1.807) is 11.3 Å². The molecule has 1 aromatic heterocycles. The van der Waals surface area contributed by atoms with Crippen molar-refractivity contribution in [1.29, 1.82) is 0 Å². The maximum absolute atomic E-state index is 6.64. The lowest BCUT2D eigenvalue weighted by atomic mass is 9.92. The maximum atomic E-state index is 6.64. The van der Waals surface area contributed by atoms with E-state index in [9.17, 15) is 0 Å². The minimum absolute atomic E-state index is 0.188. The van der Waals surface area contributed by atoms with Crippen molar-refractivity contribution in [1.82, 2.24) is 9.88 Å². The Bertz CT molecular complexity index is 382. The standard InChI is InChI=1S/C14H25N3S/c1-4-8-17-9-5-6-14(15,7-10-17)13-16-11(2)12(3)18-13/h4-10,15H2,1-3H3. The van der Waals surface area contributed by atoms with Gasteiger partial charge in [0, 0.05) is 11.4 Å². The molecule has 1 fully saturated rings. The van der Waals surface area contributed by atoms with Crippen LogP contribution in [0.3, 0.4) is 0 Å². The van der Waals surface area contributed by atoms with Crippen LogP contribution in [0.1, 0.15) is 48.2 Å². The summed E-state index contributed by atoms with van der Waals surface area (Å²) in [5.41, 5.74) is 7.60. The van der Waals surface area contributed by atoms with Crippen LogP contribution in [0.5, 0.6) is 0 Å². The van der Waals surface area contributed by atoms with Gasteiger partial charge in [-0.2, -0.15) is 0 Å². The van der Waals surface area contributed by atoms with Gasteiger partial charge in [-0.15, -0.1) is 11.3 Å². The van der Waals surface area contributed by atoms with Crippen molar-refractivity contribution >= 4 is 11.3 Å². The van der Waals surface area contributed by atoms with Crippen LogP contribution in [-0.2, 0) is 5.54 Å². The fraction of sp³-hybridized carbons (Fsp3) is 0.786. The van der Waals surface area contributed by atoms with Crippen LogP contribution in [0.4, 0.5) is 0 Å². The molecule has 1 saturated heterocycles. The second-order valence-corrected chi connectivity index (χ2v) is 6.72. The molecule has 0 spiro atoms. The van der Waals surface area contributed by atoms with Crippen molar-refractivity contribution in [3.8, 4) is 0 Å². The van der Waals surface area contributed by atoms with E-state index in [2.05, 4.69) is 25.7 Å². The van der Waals surface area contributed by atoms with E-state index in [0.29, 0.717) is 0 Å². The number of rotatable bonds is 3. The molecule has 0 saturated carbocycles. The molecule has 1 atom stereocenters. The number of aryl methyl sites for hydroxylation is 2. The zero-order chi connectivity index (χ0) is 13.2. The molecule has 0 radical (unpaired) electrons. The van der Waals surface area contributed by atoms with Crippen molar-refractivity contribution in [2.75, 3.05) is 19.6 Å². The first kappa shape index (κ1) is 14.0. The van der Waals surface area contributed by atoms with Crippen LogP contribution >= 0.6 is 11.3 Å². The molecule has 3 nitrogen and oxygen atoms in total. The lowest BCUT2D eigenvalue weighted by Gasteiger charge is -2.26. The SMILES string of the molecule is CCCN1CCCC(N)(c2nc(C)c(C)s2)CC1. The van der Waals surface area contributed by atoms with E-state index >= 15 is 0 Å². The quantitative estimate of drug-likeness (QED) is 0.915. The molecule has 1 unspecified atom stereocenters. The highest BCUT2D eigenvalue weighted by Crippen LogP contribution is 2.34. The molecule has 0 bridgehead atoms. The third-order valence-corrected chi connectivity index (χ3v) is 5.26. The van der Waals surface area contributed by atoms with Gasteiger partial charge in [-0.3, -0.25) is 0 Å². The topological polar surface area (TPSA) is 42.1 Å². The Morgan fingerprint density at radius 2 is 2.11 bits per heavy atom. The van der Waals surface area contributed by atoms with Gasteiger partial charge in [0.2, 0.25) is 0 Å². The van der Waals surface area contributed by atoms with E-state index in [1.165, 1.54) is 30.8 Å². The monoisotopic (exact) mass is 267 g/mol. The Kier molecular flexibility index (Phi) is 4.41. The van der Waals surface area contributed by atoms with Crippen LogP contribution in [0, 0.1) is 13.8 Å². The normalized spacial score (nSPS) is 26.2. The summed E-state index contributed by atoms with van der Waals surface area (Å²) in [4.78, 5) is 8.55. The van der Waals surface area contributed by atoms with Gasteiger partial charge in [-0.1, -0.05) is 6.92 Å².